The van der Waals surface area contributed by atoms with Crippen molar-refractivity contribution in [2.24, 2.45) is 0 Å². The second kappa shape index (κ2) is 6.08. The average molecular weight is 271 g/mol. The van der Waals surface area contributed by atoms with Crippen molar-refractivity contribution in [3.63, 3.8) is 0 Å². The number of nitro benzene ring substituents is 1. The van der Waals surface area contributed by atoms with Crippen molar-refractivity contribution in [2.75, 3.05) is 0 Å². The highest BCUT2D eigenvalue weighted by molar-refractivity contribution is 5.86. The van der Waals surface area contributed by atoms with E-state index >= 15 is 0 Å². The molecule has 0 aliphatic rings. The highest BCUT2D eigenvalue weighted by Crippen LogP contribution is 2.19. The van der Waals surface area contributed by atoms with E-state index in [1.165, 1.54) is 24.3 Å². The first kappa shape index (κ1) is 13.9. The van der Waals surface area contributed by atoms with E-state index in [1.54, 1.807) is 12.1 Å². The summed E-state index contributed by atoms with van der Waals surface area (Å²) in [5, 5.41) is 20.5. The van der Waals surface area contributed by atoms with Crippen LogP contribution in [0.15, 0.2) is 54.6 Å². The lowest BCUT2D eigenvalue weighted by Gasteiger charge is -2.09. The number of hydrogen-bond acceptors (Lipinski definition) is 4. The van der Waals surface area contributed by atoms with Crippen molar-refractivity contribution in [2.45, 2.75) is 12.5 Å². The number of Topliss-reactive ketones (excluding diaryl/α,β-unsaturated/α-hetero) is 1. The monoisotopic (exact) mass is 271 g/mol. The molecule has 0 aliphatic carbocycles. The highest BCUT2D eigenvalue weighted by Gasteiger charge is 2.18. The number of nitro groups is 1. The summed E-state index contributed by atoms with van der Waals surface area (Å²) in [6, 6.07) is 14.4. The van der Waals surface area contributed by atoms with Crippen molar-refractivity contribution < 1.29 is 14.8 Å². The van der Waals surface area contributed by atoms with Gasteiger partial charge in [0.25, 0.3) is 5.69 Å². The fourth-order valence-corrected chi connectivity index (χ4v) is 1.86. The number of carbonyl (C=O) groups excluding carboxylic acids is 1. The van der Waals surface area contributed by atoms with Gasteiger partial charge in [-0.15, -0.1) is 0 Å². The molecule has 0 aliphatic heterocycles. The molecule has 2 aromatic carbocycles. The molecule has 1 unspecified atom stereocenters. The summed E-state index contributed by atoms with van der Waals surface area (Å²) >= 11 is 0. The minimum absolute atomic E-state index is 0.0727. The maximum atomic E-state index is 11.9. The molecule has 2 rings (SSSR count). The number of aliphatic hydroxyl groups is 1. The zero-order valence-corrected chi connectivity index (χ0v) is 10.6. The maximum Gasteiger partial charge on any atom is 0.269 e. The Balaban J connectivity index is 2.08. The van der Waals surface area contributed by atoms with Crippen LogP contribution in [0.2, 0.25) is 0 Å². The molecule has 1 N–H and O–H groups in total. The molecule has 0 heterocycles. The Morgan fingerprint density at radius 2 is 1.70 bits per heavy atom. The Kier molecular flexibility index (Phi) is 4.22. The van der Waals surface area contributed by atoms with Gasteiger partial charge in [0.1, 0.15) is 6.10 Å². The van der Waals surface area contributed by atoms with E-state index in [-0.39, 0.29) is 17.9 Å². The van der Waals surface area contributed by atoms with Gasteiger partial charge in [-0.25, -0.2) is 0 Å². The van der Waals surface area contributed by atoms with Crippen LogP contribution < -0.4 is 0 Å². The second-order valence-electron chi connectivity index (χ2n) is 4.38. The number of rotatable bonds is 5. The van der Waals surface area contributed by atoms with E-state index in [4.69, 9.17) is 0 Å². The largest absolute Gasteiger partial charge is 0.381 e. The summed E-state index contributed by atoms with van der Waals surface area (Å²) in [4.78, 5) is 22.0. The summed E-state index contributed by atoms with van der Waals surface area (Å²) in [5.74, 6) is -0.343. The lowest BCUT2D eigenvalue weighted by molar-refractivity contribution is -0.384. The van der Waals surface area contributed by atoms with E-state index in [2.05, 4.69) is 0 Å². The normalized spacial score (nSPS) is 11.8. The number of non-ortho nitro benzene ring substituents is 1. The minimum Gasteiger partial charge on any atom is -0.381 e. The van der Waals surface area contributed by atoms with Gasteiger partial charge >= 0.3 is 0 Å². The van der Waals surface area contributed by atoms with Crippen LogP contribution in [0.5, 0.6) is 0 Å². The minimum atomic E-state index is -1.27. The van der Waals surface area contributed by atoms with Gasteiger partial charge in [-0.2, -0.15) is 0 Å². The Bertz CT molecular complexity index is 608. The van der Waals surface area contributed by atoms with Gasteiger partial charge in [-0.1, -0.05) is 30.3 Å². The molecular weight excluding hydrogens is 258 g/mol. The Morgan fingerprint density at radius 1 is 1.10 bits per heavy atom. The van der Waals surface area contributed by atoms with Crippen LogP contribution in [-0.2, 0) is 11.2 Å². The number of hydrogen-bond donors (Lipinski definition) is 1. The molecule has 20 heavy (non-hydrogen) atoms. The number of ketones is 1. The second-order valence-corrected chi connectivity index (χ2v) is 4.38. The van der Waals surface area contributed by atoms with Gasteiger partial charge in [-0.05, 0) is 23.3 Å². The smallest absolute Gasteiger partial charge is 0.269 e. The lowest BCUT2D eigenvalue weighted by Crippen LogP contribution is -2.14. The third-order valence-electron chi connectivity index (χ3n) is 2.95. The zero-order chi connectivity index (χ0) is 14.5. The highest BCUT2D eigenvalue weighted by atomic mass is 16.6. The van der Waals surface area contributed by atoms with E-state index in [9.17, 15) is 20.0 Å². The Morgan fingerprint density at radius 3 is 2.25 bits per heavy atom. The van der Waals surface area contributed by atoms with Crippen molar-refractivity contribution in [1.29, 1.82) is 0 Å². The molecule has 0 amide bonds. The van der Waals surface area contributed by atoms with Gasteiger partial charge in [-0.3, -0.25) is 14.9 Å². The van der Waals surface area contributed by atoms with E-state index in [0.717, 1.165) is 5.56 Å². The molecule has 5 nitrogen and oxygen atoms in total. The number of carbonyl (C=O) groups is 1. The predicted molar refractivity (Wildman–Crippen MR) is 73.2 cm³/mol. The summed E-state index contributed by atoms with van der Waals surface area (Å²) in [6.45, 7) is 0. The van der Waals surface area contributed by atoms with E-state index < -0.39 is 11.0 Å². The molecule has 102 valence electrons. The van der Waals surface area contributed by atoms with Crippen LogP contribution in [0, 0.1) is 10.1 Å². The van der Waals surface area contributed by atoms with Crippen LogP contribution in [0.1, 0.15) is 17.2 Å². The van der Waals surface area contributed by atoms with Gasteiger partial charge in [0.2, 0.25) is 0 Å². The molecule has 2 aromatic rings. The van der Waals surface area contributed by atoms with Crippen molar-refractivity contribution in [3.05, 3.63) is 75.8 Å². The molecular formula is C15H13NO4. The molecule has 5 heteroatoms. The molecule has 0 aromatic heterocycles. The molecule has 1 atom stereocenters. The van der Waals surface area contributed by atoms with Crippen LogP contribution in [0.3, 0.4) is 0 Å². The lowest BCUT2D eigenvalue weighted by atomic mass is 10.00. The van der Waals surface area contributed by atoms with Gasteiger partial charge in [0.15, 0.2) is 5.78 Å². The zero-order valence-electron chi connectivity index (χ0n) is 10.6. The van der Waals surface area contributed by atoms with Gasteiger partial charge < -0.3 is 5.11 Å². The standard InChI is InChI=1S/C15H13NO4/c17-14(10-11-4-2-1-3-5-11)15(18)12-6-8-13(9-7-12)16(19)20/h1-9,15,18H,10H2. The third kappa shape index (κ3) is 3.27. The molecule has 0 saturated heterocycles. The molecule has 0 saturated carbocycles. The van der Waals surface area contributed by atoms with Gasteiger partial charge in [0, 0.05) is 18.6 Å². The summed E-state index contributed by atoms with van der Waals surface area (Å²) in [6.07, 6.45) is -1.14. The molecule has 0 spiro atoms. The fraction of sp³-hybridized carbons (Fsp3) is 0.133. The fourth-order valence-electron chi connectivity index (χ4n) is 1.86. The van der Waals surface area contributed by atoms with E-state index in [0.29, 0.717) is 5.56 Å². The summed E-state index contributed by atoms with van der Waals surface area (Å²) < 4.78 is 0. The summed E-state index contributed by atoms with van der Waals surface area (Å²) in [5.41, 5.74) is 1.10. The summed E-state index contributed by atoms with van der Waals surface area (Å²) in [7, 11) is 0. The topological polar surface area (TPSA) is 80.4 Å². The molecule has 0 bridgehead atoms. The quantitative estimate of drug-likeness (QED) is 0.669. The first-order valence-electron chi connectivity index (χ1n) is 6.07. The van der Waals surface area contributed by atoms with E-state index in [1.807, 2.05) is 18.2 Å². The first-order chi connectivity index (χ1) is 9.58. The Hall–Kier alpha value is -2.53. The number of nitrogens with zero attached hydrogens (tertiary/aromatic N) is 1. The van der Waals surface area contributed by atoms with Crippen LogP contribution in [0.25, 0.3) is 0 Å². The SMILES string of the molecule is O=C(Cc1ccccc1)C(O)c1ccc([N+](=O)[O-])cc1. The predicted octanol–water partition coefficient (Wildman–Crippen LogP) is 2.44. The van der Waals surface area contributed by atoms with Crippen LogP contribution >= 0.6 is 0 Å². The first-order valence-corrected chi connectivity index (χ1v) is 6.07. The maximum absolute atomic E-state index is 11.9. The number of benzene rings is 2. The Labute approximate surface area is 115 Å². The number of aliphatic hydroxyl groups excluding tert-OH is 1. The van der Waals surface area contributed by atoms with Gasteiger partial charge in [0.05, 0.1) is 4.92 Å². The van der Waals surface area contributed by atoms with Crippen LogP contribution in [0.4, 0.5) is 5.69 Å². The molecule has 0 fully saturated rings. The average Bonchev–Trinajstić information content (AvgIpc) is 2.47. The molecule has 0 radical (unpaired) electrons. The van der Waals surface area contributed by atoms with Crippen molar-refractivity contribution in [1.82, 2.24) is 0 Å². The van der Waals surface area contributed by atoms with Crippen molar-refractivity contribution in [3.8, 4) is 0 Å². The third-order valence-corrected chi connectivity index (χ3v) is 2.95. The van der Waals surface area contributed by atoms with Crippen LogP contribution in [-0.4, -0.2) is 15.8 Å². The van der Waals surface area contributed by atoms with Crippen molar-refractivity contribution >= 4 is 11.5 Å².